The van der Waals surface area contributed by atoms with Crippen LogP contribution < -0.4 is 0 Å². The van der Waals surface area contributed by atoms with Gasteiger partial charge in [0.25, 0.3) is 0 Å². The third-order valence-corrected chi connectivity index (χ3v) is 9.90. The molecule has 0 aliphatic carbocycles. The molecule has 0 aromatic rings. The number of hydrogen-bond donors (Lipinski definition) is 0. The van der Waals surface area contributed by atoms with E-state index in [9.17, 15) is 14.4 Å². The summed E-state index contributed by atoms with van der Waals surface area (Å²) in [7, 11) is 0. The molecule has 0 rings (SSSR count). The highest BCUT2D eigenvalue weighted by Gasteiger charge is 2.19. The molecule has 1 atom stereocenters. The standard InChI is InChI=1S/C52H88O6/c1-4-7-10-13-16-19-22-24-25-26-27-29-30-33-36-39-42-45-51(54)57-48-49(47-56-50(53)44-41-38-35-32-21-18-15-12-9-6-3)58-52(55)46-43-40-37-34-31-28-23-20-17-14-11-8-5-2/h8,11-12,15-17,19-20,24-25,28,31,49H,4-7,9-10,13-14,18,21-23,26-27,29-30,32-48H2,1-3H3/b11-8-,15-12-,19-16-,20-17-,25-24-,31-28-. The zero-order chi connectivity index (χ0) is 42.3. The van der Waals surface area contributed by atoms with Crippen LogP contribution in [0, 0.1) is 0 Å². The van der Waals surface area contributed by atoms with Crippen LogP contribution in [-0.4, -0.2) is 37.2 Å². The molecule has 332 valence electrons. The van der Waals surface area contributed by atoms with E-state index in [-0.39, 0.29) is 37.5 Å². The van der Waals surface area contributed by atoms with E-state index in [4.69, 9.17) is 14.2 Å². The molecule has 0 aliphatic heterocycles. The number of hydrogen-bond acceptors (Lipinski definition) is 6. The molecule has 0 bridgehead atoms. The highest BCUT2D eigenvalue weighted by atomic mass is 16.6. The smallest absolute Gasteiger partial charge is 0.306 e. The van der Waals surface area contributed by atoms with Crippen molar-refractivity contribution in [2.24, 2.45) is 0 Å². The minimum atomic E-state index is -0.795. The maximum Gasteiger partial charge on any atom is 0.306 e. The Kier molecular flexibility index (Phi) is 44.0. The van der Waals surface area contributed by atoms with Gasteiger partial charge in [-0.2, -0.15) is 0 Å². The van der Waals surface area contributed by atoms with E-state index in [1.165, 1.54) is 64.2 Å². The van der Waals surface area contributed by atoms with Crippen molar-refractivity contribution in [3.05, 3.63) is 72.9 Å². The molecule has 1 unspecified atom stereocenters. The molecule has 58 heavy (non-hydrogen) atoms. The van der Waals surface area contributed by atoms with Crippen LogP contribution in [0.15, 0.2) is 72.9 Å². The van der Waals surface area contributed by atoms with Crippen LogP contribution >= 0.6 is 0 Å². The van der Waals surface area contributed by atoms with Crippen molar-refractivity contribution in [2.75, 3.05) is 13.2 Å². The Balaban J connectivity index is 4.41. The van der Waals surface area contributed by atoms with Crippen molar-refractivity contribution < 1.29 is 28.6 Å². The normalized spacial score (nSPS) is 12.7. The molecule has 0 heterocycles. The first-order chi connectivity index (χ1) is 28.5. The quantitative estimate of drug-likeness (QED) is 0.0264. The molecular weight excluding hydrogens is 721 g/mol. The molecule has 0 aromatic heterocycles. The van der Waals surface area contributed by atoms with E-state index >= 15 is 0 Å². The maximum absolute atomic E-state index is 12.7. The van der Waals surface area contributed by atoms with Crippen molar-refractivity contribution in [3.8, 4) is 0 Å². The summed E-state index contributed by atoms with van der Waals surface area (Å²) in [5.74, 6) is -0.947. The van der Waals surface area contributed by atoms with Crippen LogP contribution in [0.1, 0.15) is 220 Å². The van der Waals surface area contributed by atoms with Gasteiger partial charge in [0.15, 0.2) is 6.10 Å². The van der Waals surface area contributed by atoms with E-state index in [0.717, 1.165) is 116 Å². The molecular formula is C52H88O6. The van der Waals surface area contributed by atoms with Gasteiger partial charge < -0.3 is 14.2 Å². The van der Waals surface area contributed by atoms with E-state index in [0.29, 0.717) is 12.8 Å². The largest absolute Gasteiger partial charge is 0.462 e. The molecule has 0 fully saturated rings. The van der Waals surface area contributed by atoms with Crippen molar-refractivity contribution >= 4 is 17.9 Å². The second kappa shape index (κ2) is 46.5. The lowest BCUT2D eigenvalue weighted by molar-refractivity contribution is -0.167. The first kappa shape index (κ1) is 54.9. The van der Waals surface area contributed by atoms with Crippen LogP contribution in [0.25, 0.3) is 0 Å². The van der Waals surface area contributed by atoms with E-state index in [2.05, 4.69) is 93.7 Å². The number of allylic oxidation sites excluding steroid dienone is 12. The van der Waals surface area contributed by atoms with Crippen LogP contribution in [0.4, 0.5) is 0 Å². The van der Waals surface area contributed by atoms with Crippen LogP contribution in [0.3, 0.4) is 0 Å². The Morgan fingerprint density at radius 3 is 1.16 bits per heavy atom. The second-order valence-corrected chi connectivity index (χ2v) is 15.6. The molecule has 0 spiro atoms. The van der Waals surface area contributed by atoms with Gasteiger partial charge in [0.2, 0.25) is 0 Å². The van der Waals surface area contributed by atoms with Gasteiger partial charge in [-0.25, -0.2) is 0 Å². The van der Waals surface area contributed by atoms with E-state index in [1.807, 2.05) is 0 Å². The lowest BCUT2D eigenvalue weighted by Crippen LogP contribution is -2.30. The number of esters is 3. The highest BCUT2D eigenvalue weighted by Crippen LogP contribution is 2.13. The Hall–Kier alpha value is -3.15. The van der Waals surface area contributed by atoms with Gasteiger partial charge in [0.05, 0.1) is 0 Å². The SMILES string of the molecule is CC/C=C\C/C=C\C/C=C\CCCCCC(=O)OC(COC(=O)CCCCCCC/C=C\CCC)COC(=O)CCCCCCCCC/C=C\C/C=C\CCCCC. The topological polar surface area (TPSA) is 78.9 Å². The fourth-order valence-corrected chi connectivity index (χ4v) is 6.31. The van der Waals surface area contributed by atoms with Gasteiger partial charge in [0, 0.05) is 19.3 Å². The number of unbranched alkanes of at least 4 members (excludes halogenated alkanes) is 19. The molecule has 6 heteroatoms. The molecule has 0 aromatic carbocycles. The number of carbonyl (C=O) groups excluding carboxylic acids is 3. The van der Waals surface area contributed by atoms with Gasteiger partial charge in [-0.3, -0.25) is 14.4 Å². The van der Waals surface area contributed by atoms with Crippen LogP contribution in [0.5, 0.6) is 0 Å². The second-order valence-electron chi connectivity index (χ2n) is 15.6. The van der Waals surface area contributed by atoms with Gasteiger partial charge in [0.1, 0.15) is 13.2 Å². The summed E-state index contributed by atoms with van der Waals surface area (Å²) >= 11 is 0. The Labute approximate surface area is 357 Å². The average Bonchev–Trinajstić information content (AvgIpc) is 3.22. The Morgan fingerprint density at radius 2 is 0.707 bits per heavy atom. The summed E-state index contributed by atoms with van der Waals surface area (Å²) in [6.45, 7) is 6.38. The first-order valence-corrected chi connectivity index (χ1v) is 23.9. The summed E-state index contributed by atoms with van der Waals surface area (Å²) < 4.78 is 16.7. The van der Waals surface area contributed by atoms with Crippen LogP contribution in [-0.2, 0) is 28.6 Å². The zero-order valence-corrected chi connectivity index (χ0v) is 37.8. The predicted octanol–water partition coefficient (Wildman–Crippen LogP) is 15.5. The van der Waals surface area contributed by atoms with E-state index in [1.54, 1.807) is 0 Å². The fraction of sp³-hybridized carbons (Fsp3) is 0.712. The first-order valence-electron chi connectivity index (χ1n) is 23.9. The number of ether oxygens (including phenoxy) is 3. The number of rotatable bonds is 42. The minimum absolute atomic E-state index is 0.0949. The molecule has 0 N–H and O–H groups in total. The zero-order valence-electron chi connectivity index (χ0n) is 37.8. The third-order valence-electron chi connectivity index (χ3n) is 9.90. The highest BCUT2D eigenvalue weighted by molar-refractivity contribution is 5.71. The van der Waals surface area contributed by atoms with Gasteiger partial charge in [-0.05, 0) is 103 Å². The molecule has 0 saturated heterocycles. The maximum atomic E-state index is 12.7. The summed E-state index contributed by atoms with van der Waals surface area (Å²) in [5.41, 5.74) is 0. The number of carbonyl (C=O) groups is 3. The Morgan fingerprint density at radius 1 is 0.362 bits per heavy atom. The van der Waals surface area contributed by atoms with Crippen molar-refractivity contribution in [2.45, 2.75) is 226 Å². The fourth-order valence-electron chi connectivity index (χ4n) is 6.31. The summed E-state index contributed by atoms with van der Waals surface area (Å²) in [5, 5.41) is 0. The van der Waals surface area contributed by atoms with Crippen molar-refractivity contribution in [3.63, 3.8) is 0 Å². The summed E-state index contributed by atoms with van der Waals surface area (Å²) in [4.78, 5) is 37.8. The summed E-state index contributed by atoms with van der Waals surface area (Å²) in [6.07, 6.45) is 57.4. The average molecular weight is 809 g/mol. The minimum Gasteiger partial charge on any atom is -0.462 e. The monoisotopic (exact) mass is 809 g/mol. The lowest BCUT2D eigenvalue weighted by atomic mass is 10.1. The van der Waals surface area contributed by atoms with Gasteiger partial charge in [-0.1, -0.05) is 171 Å². The summed E-state index contributed by atoms with van der Waals surface area (Å²) in [6, 6.07) is 0. The van der Waals surface area contributed by atoms with Gasteiger partial charge >= 0.3 is 17.9 Å². The molecule has 0 saturated carbocycles. The van der Waals surface area contributed by atoms with Gasteiger partial charge in [-0.15, -0.1) is 0 Å². The third kappa shape index (κ3) is 44.0. The Bertz CT molecular complexity index is 1110. The molecule has 0 radical (unpaired) electrons. The van der Waals surface area contributed by atoms with Crippen molar-refractivity contribution in [1.82, 2.24) is 0 Å². The van der Waals surface area contributed by atoms with Crippen LogP contribution in [0.2, 0.25) is 0 Å². The van der Waals surface area contributed by atoms with E-state index < -0.39 is 6.10 Å². The predicted molar refractivity (Wildman–Crippen MR) is 247 cm³/mol. The molecule has 0 aliphatic rings. The van der Waals surface area contributed by atoms with Crippen molar-refractivity contribution in [1.29, 1.82) is 0 Å². The lowest BCUT2D eigenvalue weighted by Gasteiger charge is -2.18. The molecule has 6 nitrogen and oxygen atoms in total. The molecule has 0 amide bonds.